The van der Waals surface area contributed by atoms with E-state index < -0.39 is 5.60 Å². The van der Waals surface area contributed by atoms with Gasteiger partial charge in [-0.3, -0.25) is 9.59 Å². The first kappa shape index (κ1) is 9.61. The Hall–Kier alpha value is -1.48. The topological polar surface area (TPSA) is 54.4 Å². The molecule has 0 bridgehead atoms. The number of carbonyl (C=O) groups is 2. The summed E-state index contributed by atoms with van der Waals surface area (Å²) < 4.78 is 0. The normalized spacial score (nSPS) is 10.8. The predicted molar refractivity (Wildman–Crippen MR) is 47.2 cm³/mol. The van der Waals surface area contributed by atoms with E-state index in [2.05, 4.69) is 0 Å². The number of benzene rings is 1. The average molecular weight is 178 g/mol. The molecule has 0 saturated carbocycles. The molecular formula is C10H10O3. The molecule has 0 radical (unpaired) electrons. The minimum absolute atomic E-state index is 0.0286. The maximum absolute atomic E-state index is 10.4. The van der Waals surface area contributed by atoms with Gasteiger partial charge in [0.15, 0.2) is 18.2 Å². The molecule has 3 nitrogen and oxygen atoms in total. The summed E-state index contributed by atoms with van der Waals surface area (Å²) in [5, 5.41) is 9.35. The van der Waals surface area contributed by atoms with Gasteiger partial charge in [0.05, 0.1) is 0 Å². The summed E-state index contributed by atoms with van der Waals surface area (Å²) in [6.07, 6.45) is 0.542. The molecule has 3 heteroatoms. The Balaban J connectivity index is 2.79. The van der Waals surface area contributed by atoms with Crippen molar-refractivity contribution in [1.82, 2.24) is 0 Å². The predicted octanol–water partition coefficient (Wildman–Crippen LogP) is 0.358. The summed E-state index contributed by atoms with van der Waals surface area (Å²) >= 11 is 0. The first-order valence-corrected chi connectivity index (χ1v) is 3.89. The number of rotatable bonds is 4. The van der Waals surface area contributed by atoms with Crippen LogP contribution < -0.4 is 0 Å². The summed E-state index contributed by atoms with van der Waals surface area (Å²) in [5.74, 6) is 0. The molecule has 1 aromatic carbocycles. The molecular weight excluding hydrogens is 168 g/mol. The summed E-state index contributed by atoms with van der Waals surface area (Å²) in [6.45, 7) is 0. The van der Waals surface area contributed by atoms with Crippen molar-refractivity contribution in [2.45, 2.75) is 12.0 Å². The van der Waals surface area contributed by atoms with Crippen LogP contribution in [-0.4, -0.2) is 23.3 Å². The standard InChI is InChI=1S/C10H10O3/c11-7-10(13,8-12)6-9-4-2-1-3-5-9/h1-5,7-8,13H,6H2. The smallest absolute Gasteiger partial charge is 0.178 e. The fourth-order valence-electron chi connectivity index (χ4n) is 1.03. The van der Waals surface area contributed by atoms with E-state index in [1.165, 1.54) is 0 Å². The zero-order chi connectivity index (χ0) is 9.73. The van der Waals surface area contributed by atoms with E-state index in [9.17, 15) is 14.7 Å². The zero-order valence-electron chi connectivity index (χ0n) is 7.01. The van der Waals surface area contributed by atoms with Gasteiger partial charge in [0, 0.05) is 6.42 Å². The molecule has 0 aromatic heterocycles. The van der Waals surface area contributed by atoms with Crippen molar-refractivity contribution in [3.8, 4) is 0 Å². The zero-order valence-corrected chi connectivity index (χ0v) is 7.01. The number of hydrogen-bond donors (Lipinski definition) is 1. The van der Waals surface area contributed by atoms with Gasteiger partial charge in [-0.05, 0) is 5.56 Å². The monoisotopic (exact) mass is 178 g/mol. The highest BCUT2D eigenvalue weighted by molar-refractivity contribution is 5.87. The van der Waals surface area contributed by atoms with Crippen LogP contribution in [0.15, 0.2) is 30.3 Å². The van der Waals surface area contributed by atoms with Gasteiger partial charge >= 0.3 is 0 Å². The lowest BCUT2D eigenvalue weighted by Gasteiger charge is -2.13. The first-order valence-electron chi connectivity index (χ1n) is 3.89. The Labute approximate surface area is 76.0 Å². The van der Waals surface area contributed by atoms with Gasteiger partial charge in [-0.15, -0.1) is 0 Å². The van der Waals surface area contributed by atoms with E-state index in [1.54, 1.807) is 24.3 Å². The van der Waals surface area contributed by atoms with Crippen molar-refractivity contribution in [1.29, 1.82) is 0 Å². The van der Waals surface area contributed by atoms with Crippen LogP contribution in [0.1, 0.15) is 5.56 Å². The third kappa shape index (κ3) is 2.49. The van der Waals surface area contributed by atoms with E-state index >= 15 is 0 Å². The van der Waals surface area contributed by atoms with Crippen LogP contribution in [0.3, 0.4) is 0 Å². The van der Waals surface area contributed by atoms with Crippen LogP contribution in [0.2, 0.25) is 0 Å². The molecule has 0 aliphatic rings. The summed E-state index contributed by atoms with van der Waals surface area (Å²) in [5.41, 5.74) is -1.12. The van der Waals surface area contributed by atoms with Gasteiger partial charge in [-0.2, -0.15) is 0 Å². The number of hydrogen-bond acceptors (Lipinski definition) is 3. The van der Waals surface area contributed by atoms with Gasteiger partial charge in [-0.25, -0.2) is 0 Å². The molecule has 0 atom stereocenters. The fraction of sp³-hybridized carbons (Fsp3) is 0.200. The maximum atomic E-state index is 10.4. The van der Waals surface area contributed by atoms with Gasteiger partial charge < -0.3 is 5.11 Å². The van der Waals surface area contributed by atoms with Crippen LogP contribution in [-0.2, 0) is 16.0 Å². The molecule has 0 fully saturated rings. The maximum Gasteiger partial charge on any atom is 0.178 e. The second-order valence-electron chi connectivity index (χ2n) is 2.89. The van der Waals surface area contributed by atoms with Crippen LogP contribution in [0.4, 0.5) is 0 Å². The van der Waals surface area contributed by atoms with Crippen molar-refractivity contribution in [3.63, 3.8) is 0 Å². The van der Waals surface area contributed by atoms with E-state index in [0.29, 0.717) is 0 Å². The number of carbonyl (C=O) groups excluding carboxylic acids is 2. The fourth-order valence-corrected chi connectivity index (χ4v) is 1.03. The highest BCUT2D eigenvalue weighted by atomic mass is 16.3. The first-order chi connectivity index (χ1) is 6.20. The quantitative estimate of drug-likeness (QED) is 0.535. The average Bonchev–Trinajstić information content (AvgIpc) is 2.19. The molecule has 0 aliphatic heterocycles. The van der Waals surface area contributed by atoms with Crippen molar-refractivity contribution < 1.29 is 14.7 Å². The molecule has 0 amide bonds. The lowest BCUT2D eigenvalue weighted by molar-refractivity contribution is -0.134. The second kappa shape index (κ2) is 3.96. The third-order valence-electron chi connectivity index (χ3n) is 1.74. The number of aliphatic hydroxyl groups is 1. The van der Waals surface area contributed by atoms with E-state index in [4.69, 9.17) is 0 Å². The molecule has 13 heavy (non-hydrogen) atoms. The van der Waals surface area contributed by atoms with Crippen LogP contribution in [0.5, 0.6) is 0 Å². The van der Waals surface area contributed by atoms with E-state index in [0.717, 1.165) is 5.56 Å². The second-order valence-corrected chi connectivity index (χ2v) is 2.89. The summed E-state index contributed by atoms with van der Waals surface area (Å²) in [4.78, 5) is 20.8. The van der Waals surface area contributed by atoms with E-state index in [-0.39, 0.29) is 19.0 Å². The third-order valence-corrected chi connectivity index (χ3v) is 1.74. The van der Waals surface area contributed by atoms with Crippen LogP contribution in [0, 0.1) is 0 Å². The van der Waals surface area contributed by atoms with Gasteiger partial charge in [0.25, 0.3) is 0 Å². The molecule has 1 rings (SSSR count). The van der Waals surface area contributed by atoms with Crippen LogP contribution >= 0.6 is 0 Å². The molecule has 1 N–H and O–H groups in total. The molecule has 0 heterocycles. The Bertz CT molecular complexity index is 284. The SMILES string of the molecule is O=CC(O)(C=O)Cc1ccccc1. The lowest BCUT2D eigenvalue weighted by atomic mass is 9.98. The Morgan fingerprint density at radius 2 is 1.69 bits per heavy atom. The highest BCUT2D eigenvalue weighted by Crippen LogP contribution is 2.08. The van der Waals surface area contributed by atoms with Crippen molar-refractivity contribution in [3.05, 3.63) is 35.9 Å². The molecule has 68 valence electrons. The Kier molecular flexibility index (Phi) is 2.93. The van der Waals surface area contributed by atoms with Gasteiger partial charge in [0.2, 0.25) is 0 Å². The van der Waals surface area contributed by atoms with E-state index in [1.807, 2.05) is 6.07 Å². The Morgan fingerprint density at radius 3 is 2.15 bits per heavy atom. The van der Waals surface area contributed by atoms with Gasteiger partial charge in [0.1, 0.15) is 0 Å². The highest BCUT2D eigenvalue weighted by Gasteiger charge is 2.25. The van der Waals surface area contributed by atoms with Crippen LogP contribution in [0.25, 0.3) is 0 Å². The number of aldehydes is 2. The molecule has 0 saturated heterocycles. The Morgan fingerprint density at radius 1 is 1.15 bits per heavy atom. The van der Waals surface area contributed by atoms with Crippen molar-refractivity contribution >= 4 is 12.6 Å². The molecule has 1 aromatic rings. The minimum atomic E-state index is -1.87. The van der Waals surface area contributed by atoms with Crippen molar-refractivity contribution in [2.24, 2.45) is 0 Å². The lowest BCUT2D eigenvalue weighted by Crippen LogP contribution is -2.35. The largest absolute Gasteiger partial charge is 0.375 e. The van der Waals surface area contributed by atoms with Crippen molar-refractivity contribution in [2.75, 3.05) is 0 Å². The summed E-state index contributed by atoms with van der Waals surface area (Å²) in [7, 11) is 0. The summed E-state index contributed by atoms with van der Waals surface area (Å²) in [6, 6.07) is 8.89. The molecule has 0 unspecified atom stereocenters. The molecule has 0 aliphatic carbocycles. The van der Waals surface area contributed by atoms with Gasteiger partial charge in [-0.1, -0.05) is 30.3 Å². The molecule has 0 spiro atoms. The minimum Gasteiger partial charge on any atom is -0.375 e.